The van der Waals surface area contributed by atoms with Crippen LogP contribution in [-0.4, -0.2) is 14.1 Å². The van der Waals surface area contributed by atoms with E-state index >= 15 is 0 Å². The first-order valence-corrected chi connectivity index (χ1v) is 7.26. The van der Waals surface area contributed by atoms with Gasteiger partial charge in [-0.3, -0.25) is 0 Å². The first-order chi connectivity index (χ1) is 9.49. The smallest absolute Gasteiger partial charge is 0.0786 e. The molecule has 0 atom stereocenters. The van der Waals surface area contributed by atoms with Crippen LogP contribution in [0.15, 0.2) is 36.4 Å². The molecule has 2 aromatic rings. The summed E-state index contributed by atoms with van der Waals surface area (Å²) >= 11 is 18.4. The maximum Gasteiger partial charge on any atom is 0.0786 e. The third-order valence-electron chi connectivity index (χ3n) is 2.91. The molecule has 2 rings (SSSR count). The van der Waals surface area contributed by atoms with Gasteiger partial charge in [0.1, 0.15) is 0 Å². The van der Waals surface area contributed by atoms with E-state index in [1.165, 1.54) is 0 Å². The van der Waals surface area contributed by atoms with Gasteiger partial charge < -0.3 is 10.2 Å². The fourth-order valence-electron chi connectivity index (χ4n) is 1.98. The van der Waals surface area contributed by atoms with Gasteiger partial charge in [-0.15, -0.1) is 0 Å². The average molecular weight is 330 g/mol. The molecule has 2 nitrogen and oxygen atoms in total. The predicted molar refractivity (Wildman–Crippen MR) is 89.6 cm³/mol. The topological polar surface area (TPSA) is 15.3 Å². The lowest BCUT2D eigenvalue weighted by Crippen LogP contribution is -2.13. The average Bonchev–Trinajstić information content (AvgIpc) is 2.39. The Morgan fingerprint density at radius 2 is 1.75 bits per heavy atom. The quantitative estimate of drug-likeness (QED) is 0.816. The first-order valence-electron chi connectivity index (χ1n) is 6.12. The molecular formula is C15H15Cl3N2. The molecule has 2 aromatic carbocycles. The van der Waals surface area contributed by atoms with Crippen molar-refractivity contribution < 1.29 is 0 Å². The second kappa shape index (κ2) is 6.57. The van der Waals surface area contributed by atoms with Crippen molar-refractivity contribution in [2.24, 2.45) is 0 Å². The lowest BCUT2D eigenvalue weighted by atomic mass is 10.2. The Morgan fingerprint density at radius 1 is 1.00 bits per heavy atom. The molecule has 0 saturated heterocycles. The first kappa shape index (κ1) is 15.3. The molecule has 0 radical (unpaired) electrons. The highest BCUT2D eigenvalue weighted by Gasteiger charge is 2.09. The van der Waals surface area contributed by atoms with Gasteiger partial charge in [-0.1, -0.05) is 40.9 Å². The van der Waals surface area contributed by atoms with Crippen LogP contribution < -0.4 is 10.2 Å². The Labute approximate surface area is 134 Å². The Kier molecular flexibility index (Phi) is 5.03. The van der Waals surface area contributed by atoms with E-state index in [1.807, 2.05) is 43.3 Å². The normalized spacial score (nSPS) is 10.4. The number of nitrogens with one attached hydrogen (secondary N) is 1. The van der Waals surface area contributed by atoms with Crippen molar-refractivity contribution in [3.8, 4) is 0 Å². The van der Waals surface area contributed by atoms with Crippen LogP contribution in [0.4, 0.5) is 11.4 Å². The number of hydrogen-bond donors (Lipinski definition) is 1. The zero-order valence-corrected chi connectivity index (χ0v) is 13.5. The van der Waals surface area contributed by atoms with Crippen molar-refractivity contribution in [3.05, 3.63) is 57.0 Å². The molecular weight excluding hydrogens is 315 g/mol. The van der Waals surface area contributed by atoms with Crippen LogP contribution in [0.3, 0.4) is 0 Å². The zero-order valence-electron chi connectivity index (χ0n) is 11.3. The van der Waals surface area contributed by atoms with Gasteiger partial charge >= 0.3 is 0 Å². The molecule has 0 heterocycles. The summed E-state index contributed by atoms with van der Waals surface area (Å²) in [4.78, 5) is 1.98. The summed E-state index contributed by atoms with van der Waals surface area (Å²) < 4.78 is 0. The minimum atomic E-state index is 0.584. The van der Waals surface area contributed by atoms with Crippen molar-refractivity contribution in [2.75, 3.05) is 24.3 Å². The number of rotatable bonds is 4. The minimum Gasteiger partial charge on any atom is -0.379 e. The number of benzene rings is 2. The van der Waals surface area contributed by atoms with E-state index in [9.17, 15) is 0 Å². The Hall–Kier alpha value is -1.09. The van der Waals surface area contributed by atoms with Gasteiger partial charge in [0.15, 0.2) is 0 Å². The zero-order chi connectivity index (χ0) is 14.7. The maximum absolute atomic E-state index is 6.23. The molecule has 0 fully saturated rings. The van der Waals surface area contributed by atoms with Gasteiger partial charge in [0.05, 0.1) is 16.4 Å². The van der Waals surface area contributed by atoms with Gasteiger partial charge in [0, 0.05) is 30.7 Å². The van der Waals surface area contributed by atoms with Crippen LogP contribution >= 0.6 is 34.8 Å². The summed E-state index contributed by atoms with van der Waals surface area (Å²) in [5.74, 6) is 0. The fourth-order valence-corrected chi connectivity index (χ4v) is 2.70. The van der Waals surface area contributed by atoms with Crippen LogP contribution in [0.1, 0.15) is 5.56 Å². The molecule has 0 unspecified atom stereocenters. The number of nitrogens with zero attached hydrogens (tertiary/aromatic N) is 1. The highest BCUT2D eigenvalue weighted by molar-refractivity contribution is 6.34. The summed E-state index contributed by atoms with van der Waals surface area (Å²) in [5, 5.41) is 5.42. The molecule has 1 N–H and O–H groups in total. The second-order valence-corrected chi connectivity index (χ2v) is 5.87. The molecule has 106 valence electrons. The second-order valence-electron chi connectivity index (χ2n) is 4.62. The van der Waals surface area contributed by atoms with Crippen molar-refractivity contribution >= 4 is 46.2 Å². The van der Waals surface area contributed by atoms with Gasteiger partial charge in [-0.2, -0.15) is 0 Å². The highest BCUT2D eigenvalue weighted by Crippen LogP contribution is 2.33. The standard InChI is InChI=1S/C15H15Cl3N2/c1-20(2)15-13(18)4-3-5-14(15)19-9-10-8-11(16)6-7-12(10)17/h3-8,19H,9H2,1-2H3. The minimum absolute atomic E-state index is 0.584. The van der Waals surface area contributed by atoms with E-state index in [0.29, 0.717) is 21.6 Å². The van der Waals surface area contributed by atoms with E-state index in [-0.39, 0.29) is 0 Å². The summed E-state index contributed by atoms with van der Waals surface area (Å²) in [6.45, 7) is 0.584. The molecule has 0 saturated carbocycles. The molecule has 0 aliphatic rings. The van der Waals surface area contributed by atoms with E-state index < -0.39 is 0 Å². The van der Waals surface area contributed by atoms with Crippen LogP contribution in [0.25, 0.3) is 0 Å². The van der Waals surface area contributed by atoms with E-state index in [2.05, 4.69) is 5.32 Å². The number of anilines is 2. The molecule has 0 aliphatic carbocycles. The number of hydrogen-bond acceptors (Lipinski definition) is 2. The van der Waals surface area contributed by atoms with Crippen molar-refractivity contribution in [3.63, 3.8) is 0 Å². The lowest BCUT2D eigenvalue weighted by molar-refractivity contribution is 1.10. The summed E-state index contributed by atoms with van der Waals surface area (Å²) in [6.07, 6.45) is 0. The Balaban J connectivity index is 2.23. The van der Waals surface area contributed by atoms with Crippen molar-refractivity contribution in [1.82, 2.24) is 0 Å². The third kappa shape index (κ3) is 3.51. The third-order valence-corrected chi connectivity index (χ3v) is 3.82. The molecule has 5 heteroatoms. The van der Waals surface area contributed by atoms with Gasteiger partial charge in [-0.05, 0) is 35.9 Å². The lowest BCUT2D eigenvalue weighted by Gasteiger charge is -2.20. The molecule has 0 amide bonds. The van der Waals surface area contributed by atoms with Crippen LogP contribution in [-0.2, 0) is 6.54 Å². The maximum atomic E-state index is 6.23. The van der Waals surface area contributed by atoms with E-state index in [1.54, 1.807) is 12.1 Å². The largest absolute Gasteiger partial charge is 0.379 e. The molecule has 0 aromatic heterocycles. The molecule has 0 bridgehead atoms. The van der Waals surface area contributed by atoms with Gasteiger partial charge in [0.2, 0.25) is 0 Å². The molecule has 20 heavy (non-hydrogen) atoms. The monoisotopic (exact) mass is 328 g/mol. The number of para-hydroxylation sites is 1. The van der Waals surface area contributed by atoms with Gasteiger partial charge in [-0.25, -0.2) is 0 Å². The number of halogens is 3. The van der Waals surface area contributed by atoms with Crippen LogP contribution in [0, 0.1) is 0 Å². The SMILES string of the molecule is CN(C)c1c(Cl)cccc1NCc1cc(Cl)ccc1Cl. The van der Waals surface area contributed by atoms with E-state index in [4.69, 9.17) is 34.8 Å². The van der Waals surface area contributed by atoms with Crippen LogP contribution in [0.5, 0.6) is 0 Å². The molecule has 0 aliphatic heterocycles. The molecule has 0 spiro atoms. The van der Waals surface area contributed by atoms with E-state index in [0.717, 1.165) is 16.9 Å². The van der Waals surface area contributed by atoms with Crippen molar-refractivity contribution in [2.45, 2.75) is 6.54 Å². The predicted octanol–water partition coefficient (Wildman–Crippen LogP) is 5.32. The highest BCUT2D eigenvalue weighted by atomic mass is 35.5. The van der Waals surface area contributed by atoms with Gasteiger partial charge in [0.25, 0.3) is 0 Å². The summed E-state index contributed by atoms with van der Waals surface area (Å²) in [7, 11) is 3.91. The summed E-state index contributed by atoms with van der Waals surface area (Å²) in [6, 6.07) is 11.2. The van der Waals surface area contributed by atoms with Crippen molar-refractivity contribution in [1.29, 1.82) is 0 Å². The Morgan fingerprint density at radius 3 is 2.45 bits per heavy atom. The van der Waals surface area contributed by atoms with Crippen LogP contribution in [0.2, 0.25) is 15.1 Å². The Bertz CT molecular complexity index is 612. The summed E-state index contributed by atoms with van der Waals surface area (Å²) in [5.41, 5.74) is 2.86. The fraction of sp³-hybridized carbons (Fsp3) is 0.200.